The highest BCUT2D eigenvalue weighted by atomic mass is 16.2. The van der Waals surface area contributed by atoms with E-state index in [2.05, 4.69) is 24.1 Å². The van der Waals surface area contributed by atoms with E-state index in [4.69, 9.17) is 0 Å². The van der Waals surface area contributed by atoms with E-state index in [1.807, 2.05) is 58.1 Å². The highest BCUT2D eigenvalue weighted by molar-refractivity contribution is 5.89. The van der Waals surface area contributed by atoms with Crippen LogP contribution in [0.3, 0.4) is 0 Å². The lowest BCUT2D eigenvalue weighted by atomic mass is 10.1. The van der Waals surface area contributed by atoms with Gasteiger partial charge >= 0.3 is 6.03 Å². The van der Waals surface area contributed by atoms with Gasteiger partial charge in [0.15, 0.2) is 0 Å². The molecule has 0 aliphatic heterocycles. The average molecular weight is 334 g/mol. The van der Waals surface area contributed by atoms with Crippen LogP contribution in [0.2, 0.25) is 0 Å². The number of amides is 2. The van der Waals surface area contributed by atoms with Crippen molar-refractivity contribution in [2.24, 2.45) is 0 Å². The smallest absolute Gasteiger partial charge is 0.316 e. The number of nitrogens with one attached hydrogen (secondary N) is 1. The van der Waals surface area contributed by atoms with Gasteiger partial charge in [-0.05, 0) is 62.1 Å². The number of anilines is 1. The summed E-state index contributed by atoms with van der Waals surface area (Å²) in [6.07, 6.45) is 5.98. The van der Waals surface area contributed by atoms with Crippen LogP contribution in [0.5, 0.6) is 0 Å². The summed E-state index contributed by atoms with van der Waals surface area (Å²) in [6, 6.07) is 12.2. The second kappa shape index (κ2) is 6.24. The topological polar surface area (TPSA) is 49.6 Å². The molecule has 1 N–H and O–H groups in total. The van der Waals surface area contributed by atoms with Crippen LogP contribution in [0.15, 0.2) is 48.8 Å². The third-order valence-corrected chi connectivity index (χ3v) is 4.83. The highest BCUT2D eigenvalue weighted by Gasteiger charge is 2.33. The Morgan fingerprint density at radius 3 is 2.84 bits per heavy atom. The van der Waals surface area contributed by atoms with Crippen LogP contribution in [0.4, 0.5) is 10.5 Å². The van der Waals surface area contributed by atoms with Crippen LogP contribution in [-0.4, -0.2) is 26.4 Å². The van der Waals surface area contributed by atoms with E-state index >= 15 is 0 Å². The fraction of sp³-hybridized carbons (Fsp3) is 0.300. The fourth-order valence-corrected chi connectivity index (χ4v) is 3.04. The van der Waals surface area contributed by atoms with Crippen LogP contribution in [0, 0.1) is 13.8 Å². The summed E-state index contributed by atoms with van der Waals surface area (Å²) in [5, 5.41) is 3.05. The van der Waals surface area contributed by atoms with Crippen LogP contribution in [0.1, 0.15) is 29.7 Å². The Morgan fingerprint density at radius 1 is 1.24 bits per heavy atom. The Bertz CT molecular complexity index is 926. The van der Waals surface area contributed by atoms with Gasteiger partial charge in [-0.15, -0.1) is 0 Å². The van der Waals surface area contributed by atoms with E-state index in [1.54, 1.807) is 0 Å². The number of carbonyl (C=O) groups excluding carboxylic acids is 1. The minimum absolute atomic E-state index is 0.0448. The second-order valence-corrected chi connectivity index (χ2v) is 6.77. The third kappa shape index (κ3) is 3.22. The lowest BCUT2D eigenvalue weighted by molar-refractivity contribution is 0.205. The molecule has 2 heterocycles. The van der Waals surface area contributed by atoms with Crippen molar-refractivity contribution < 1.29 is 4.79 Å². The third-order valence-electron chi connectivity index (χ3n) is 4.83. The van der Waals surface area contributed by atoms with Crippen molar-refractivity contribution in [2.45, 2.75) is 39.3 Å². The normalized spacial score (nSPS) is 13.8. The first kappa shape index (κ1) is 15.7. The van der Waals surface area contributed by atoms with Gasteiger partial charge in [0, 0.05) is 17.9 Å². The largest absolute Gasteiger partial charge is 0.322 e. The van der Waals surface area contributed by atoms with Crippen LogP contribution >= 0.6 is 0 Å². The number of urea groups is 1. The Hall–Kier alpha value is -2.82. The van der Waals surface area contributed by atoms with Crippen molar-refractivity contribution in [1.82, 2.24) is 14.3 Å². The lowest BCUT2D eigenvalue weighted by Crippen LogP contribution is -2.36. The van der Waals surface area contributed by atoms with Crippen LogP contribution < -0.4 is 5.32 Å². The van der Waals surface area contributed by atoms with Gasteiger partial charge in [0.2, 0.25) is 0 Å². The van der Waals surface area contributed by atoms with Gasteiger partial charge in [-0.3, -0.25) is 0 Å². The zero-order chi connectivity index (χ0) is 17.4. The summed E-state index contributed by atoms with van der Waals surface area (Å²) < 4.78 is 2.04. The molecule has 1 fully saturated rings. The molecule has 0 saturated heterocycles. The van der Waals surface area contributed by atoms with E-state index in [0.29, 0.717) is 12.6 Å². The van der Waals surface area contributed by atoms with Gasteiger partial charge in [0.1, 0.15) is 5.65 Å². The SMILES string of the molecule is Cc1ccc(NC(=O)N(Cc2cnc3ccccn23)C2CC2)cc1C. The lowest BCUT2D eigenvalue weighted by Gasteiger charge is -2.23. The maximum absolute atomic E-state index is 12.8. The number of hydrogen-bond donors (Lipinski definition) is 1. The predicted octanol–water partition coefficient (Wildman–Crippen LogP) is 4.15. The zero-order valence-corrected chi connectivity index (χ0v) is 14.6. The molecule has 2 aromatic heterocycles. The Kier molecular flexibility index (Phi) is 3.92. The molecule has 4 rings (SSSR count). The molecule has 1 aromatic carbocycles. The molecule has 1 aliphatic rings. The van der Waals surface area contributed by atoms with E-state index in [0.717, 1.165) is 29.9 Å². The monoisotopic (exact) mass is 334 g/mol. The maximum atomic E-state index is 12.8. The number of fused-ring (bicyclic) bond motifs is 1. The molecule has 5 heteroatoms. The molecule has 1 saturated carbocycles. The maximum Gasteiger partial charge on any atom is 0.322 e. The molecular weight excluding hydrogens is 312 g/mol. The molecular formula is C20H22N4O. The van der Waals surface area contributed by atoms with Gasteiger partial charge < -0.3 is 14.6 Å². The molecule has 0 unspecified atom stereocenters. The molecule has 25 heavy (non-hydrogen) atoms. The summed E-state index contributed by atoms with van der Waals surface area (Å²) in [6.45, 7) is 4.69. The molecule has 5 nitrogen and oxygen atoms in total. The standard InChI is InChI=1S/C20H22N4O/c1-14-6-7-16(11-15(14)2)22-20(25)24(17-8-9-17)13-18-12-21-19-5-3-4-10-23(18)19/h3-7,10-12,17H,8-9,13H2,1-2H3,(H,22,25). The van der Waals surface area contributed by atoms with E-state index in [-0.39, 0.29) is 6.03 Å². The summed E-state index contributed by atoms with van der Waals surface area (Å²) in [5.74, 6) is 0. The Labute approximate surface area is 147 Å². The van der Waals surface area contributed by atoms with Crippen LogP contribution in [0.25, 0.3) is 5.65 Å². The Balaban J connectivity index is 1.54. The van der Waals surface area contributed by atoms with E-state index in [9.17, 15) is 4.79 Å². The molecule has 0 bridgehead atoms. The van der Waals surface area contributed by atoms with E-state index in [1.165, 1.54) is 11.1 Å². The number of pyridine rings is 1. The first-order valence-corrected chi connectivity index (χ1v) is 8.67. The first-order chi connectivity index (χ1) is 12.1. The number of carbonyl (C=O) groups is 1. The fourth-order valence-electron chi connectivity index (χ4n) is 3.04. The van der Waals surface area contributed by atoms with Gasteiger partial charge in [0.05, 0.1) is 18.4 Å². The summed E-state index contributed by atoms with van der Waals surface area (Å²) in [7, 11) is 0. The number of nitrogens with zero attached hydrogens (tertiary/aromatic N) is 3. The number of imidazole rings is 1. The van der Waals surface area contributed by atoms with Gasteiger partial charge in [0.25, 0.3) is 0 Å². The van der Waals surface area contributed by atoms with Crippen molar-refractivity contribution in [3.8, 4) is 0 Å². The number of benzene rings is 1. The van der Waals surface area contributed by atoms with Crippen molar-refractivity contribution in [3.63, 3.8) is 0 Å². The molecule has 128 valence electrons. The van der Waals surface area contributed by atoms with Crippen molar-refractivity contribution in [2.75, 3.05) is 5.32 Å². The molecule has 1 aliphatic carbocycles. The minimum Gasteiger partial charge on any atom is -0.316 e. The number of rotatable bonds is 4. The van der Waals surface area contributed by atoms with Crippen LogP contribution in [-0.2, 0) is 6.54 Å². The van der Waals surface area contributed by atoms with Crippen molar-refractivity contribution in [3.05, 3.63) is 65.6 Å². The van der Waals surface area contributed by atoms with E-state index < -0.39 is 0 Å². The molecule has 0 spiro atoms. The molecule has 0 atom stereocenters. The predicted molar refractivity (Wildman–Crippen MR) is 98.7 cm³/mol. The second-order valence-electron chi connectivity index (χ2n) is 6.77. The van der Waals surface area contributed by atoms with Crippen molar-refractivity contribution in [1.29, 1.82) is 0 Å². The average Bonchev–Trinajstić information content (AvgIpc) is 3.36. The summed E-state index contributed by atoms with van der Waals surface area (Å²) in [4.78, 5) is 19.2. The van der Waals surface area contributed by atoms with Gasteiger partial charge in [-0.2, -0.15) is 0 Å². The summed E-state index contributed by atoms with van der Waals surface area (Å²) in [5.41, 5.74) is 5.18. The number of aryl methyl sites for hydroxylation is 2. The minimum atomic E-state index is -0.0448. The summed E-state index contributed by atoms with van der Waals surface area (Å²) >= 11 is 0. The molecule has 3 aromatic rings. The Morgan fingerprint density at radius 2 is 2.08 bits per heavy atom. The number of hydrogen-bond acceptors (Lipinski definition) is 2. The van der Waals surface area contributed by atoms with Crippen molar-refractivity contribution >= 4 is 17.4 Å². The van der Waals surface area contributed by atoms with Gasteiger partial charge in [-0.1, -0.05) is 12.1 Å². The molecule has 0 radical (unpaired) electrons. The highest BCUT2D eigenvalue weighted by Crippen LogP contribution is 2.29. The zero-order valence-electron chi connectivity index (χ0n) is 14.6. The first-order valence-electron chi connectivity index (χ1n) is 8.67. The molecule has 2 amide bonds. The van der Waals surface area contributed by atoms with Gasteiger partial charge in [-0.25, -0.2) is 9.78 Å². The number of aromatic nitrogens is 2. The quantitative estimate of drug-likeness (QED) is 0.779.